The molecular weight excluding hydrogens is 344 g/mol. The normalized spacial score (nSPS) is 17.1. The number of esters is 1. The van der Waals surface area contributed by atoms with Crippen molar-refractivity contribution in [1.29, 1.82) is 0 Å². The van der Waals surface area contributed by atoms with Crippen molar-refractivity contribution in [2.75, 3.05) is 20.8 Å². The molecule has 0 bridgehead atoms. The molecular formula is C17H26N2O5S. The van der Waals surface area contributed by atoms with Gasteiger partial charge in [0, 0.05) is 12.6 Å². The van der Waals surface area contributed by atoms with Crippen molar-refractivity contribution in [2.24, 2.45) is 11.7 Å². The summed E-state index contributed by atoms with van der Waals surface area (Å²) >= 11 is 0. The zero-order valence-corrected chi connectivity index (χ0v) is 15.5. The monoisotopic (exact) mass is 370 g/mol. The molecule has 1 saturated carbocycles. The molecule has 0 saturated heterocycles. The standard InChI is InChI=1S/C17H26N2O5S/c1-23-16-9-8-13(10-14(16)17(20)24-2)25(21,22)19-15(11-18)12-6-4-3-5-7-12/h8-10,12,15,19H,3-7,11,18H2,1-2H3. The van der Waals surface area contributed by atoms with E-state index in [1.54, 1.807) is 0 Å². The molecule has 1 atom stereocenters. The van der Waals surface area contributed by atoms with Crippen molar-refractivity contribution in [3.8, 4) is 5.75 Å². The van der Waals surface area contributed by atoms with Gasteiger partial charge in [-0.1, -0.05) is 19.3 Å². The highest BCUT2D eigenvalue weighted by atomic mass is 32.2. The molecule has 1 aromatic rings. The van der Waals surface area contributed by atoms with Crippen molar-refractivity contribution in [2.45, 2.75) is 43.0 Å². The highest BCUT2D eigenvalue weighted by molar-refractivity contribution is 7.89. The van der Waals surface area contributed by atoms with Crippen LogP contribution in [0.25, 0.3) is 0 Å². The molecule has 3 N–H and O–H groups in total. The number of hydrogen-bond acceptors (Lipinski definition) is 6. The maximum absolute atomic E-state index is 12.7. The first-order valence-electron chi connectivity index (χ1n) is 8.41. The summed E-state index contributed by atoms with van der Waals surface area (Å²) < 4.78 is 38.0. The molecule has 1 unspecified atom stereocenters. The molecule has 0 heterocycles. The van der Waals surface area contributed by atoms with Crippen LogP contribution >= 0.6 is 0 Å². The van der Waals surface area contributed by atoms with Gasteiger partial charge in [0.1, 0.15) is 11.3 Å². The topological polar surface area (TPSA) is 108 Å². The third kappa shape index (κ3) is 4.71. The quantitative estimate of drug-likeness (QED) is 0.707. The highest BCUT2D eigenvalue weighted by Gasteiger charge is 2.28. The van der Waals surface area contributed by atoms with Gasteiger partial charge in [0.15, 0.2) is 0 Å². The maximum Gasteiger partial charge on any atom is 0.341 e. The Labute approximate surface area is 148 Å². The number of ether oxygens (including phenoxy) is 2. The Morgan fingerprint density at radius 3 is 2.52 bits per heavy atom. The Hall–Kier alpha value is -1.64. The van der Waals surface area contributed by atoms with Gasteiger partial charge in [-0.3, -0.25) is 0 Å². The van der Waals surface area contributed by atoms with Crippen molar-refractivity contribution >= 4 is 16.0 Å². The molecule has 25 heavy (non-hydrogen) atoms. The van der Waals surface area contributed by atoms with Gasteiger partial charge in [-0.25, -0.2) is 17.9 Å². The minimum Gasteiger partial charge on any atom is -0.496 e. The number of hydrogen-bond donors (Lipinski definition) is 2. The summed E-state index contributed by atoms with van der Waals surface area (Å²) in [6.07, 6.45) is 5.32. The van der Waals surface area contributed by atoms with E-state index in [-0.39, 0.29) is 34.7 Å². The lowest BCUT2D eigenvalue weighted by molar-refractivity contribution is 0.0597. The summed E-state index contributed by atoms with van der Waals surface area (Å²) in [5, 5.41) is 0. The van der Waals surface area contributed by atoms with E-state index in [0.717, 1.165) is 25.7 Å². The molecule has 1 aliphatic rings. The SMILES string of the molecule is COC(=O)c1cc(S(=O)(=O)NC(CN)C2CCCCC2)ccc1OC. The average molecular weight is 370 g/mol. The smallest absolute Gasteiger partial charge is 0.341 e. The second kappa shape index (κ2) is 8.64. The van der Waals surface area contributed by atoms with Gasteiger partial charge in [0.2, 0.25) is 10.0 Å². The number of carbonyl (C=O) groups is 1. The van der Waals surface area contributed by atoms with Crippen LogP contribution in [0.15, 0.2) is 23.1 Å². The lowest BCUT2D eigenvalue weighted by atomic mass is 9.84. The van der Waals surface area contributed by atoms with Gasteiger partial charge >= 0.3 is 5.97 Å². The fourth-order valence-electron chi connectivity index (χ4n) is 3.26. The molecule has 0 aromatic heterocycles. The number of carbonyl (C=O) groups excluding carboxylic acids is 1. The van der Waals surface area contributed by atoms with Crippen molar-refractivity contribution < 1.29 is 22.7 Å². The Kier molecular flexibility index (Phi) is 6.80. The summed E-state index contributed by atoms with van der Waals surface area (Å²) in [6, 6.07) is 3.80. The first kappa shape index (κ1) is 19.7. The van der Waals surface area contributed by atoms with Crippen LogP contribution < -0.4 is 15.2 Å². The predicted molar refractivity (Wildman–Crippen MR) is 94.1 cm³/mol. The fourth-order valence-corrected chi connectivity index (χ4v) is 4.61. The molecule has 7 nitrogen and oxygen atoms in total. The van der Waals surface area contributed by atoms with Crippen molar-refractivity contribution in [3.05, 3.63) is 23.8 Å². The van der Waals surface area contributed by atoms with E-state index in [1.165, 1.54) is 38.8 Å². The summed E-state index contributed by atoms with van der Waals surface area (Å²) in [4.78, 5) is 11.8. The van der Waals surface area contributed by atoms with Gasteiger partial charge in [-0.05, 0) is 37.0 Å². The van der Waals surface area contributed by atoms with E-state index in [4.69, 9.17) is 10.5 Å². The number of benzene rings is 1. The Morgan fingerprint density at radius 2 is 1.96 bits per heavy atom. The highest BCUT2D eigenvalue weighted by Crippen LogP contribution is 2.28. The summed E-state index contributed by atoms with van der Waals surface area (Å²) in [6.45, 7) is 0.240. The third-order valence-electron chi connectivity index (χ3n) is 4.67. The van der Waals surface area contributed by atoms with Crippen LogP contribution in [0, 0.1) is 5.92 Å². The van der Waals surface area contributed by atoms with E-state index in [0.29, 0.717) is 0 Å². The van der Waals surface area contributed by atoms with Gasteiger partial charge < -0.3 is 15.2 Å². The van der Waals surface area contributed by atoms with Gasteiger partial charge in [-0.15, -0.1) is 0 Å². The molecule has 1 aromatic carbocycles. The predicted octanol–water partition coefficient (Wildman–Crippen LogP) is 1.67. The second-order valence-electron chi connectivity index (χ2n) is 6.22. The fraction of sp³-hybridized carbons (Fsp3) is 0.588. The van der Waals surface area contributed by atoms with Crippen molar-refractivity contribution in [3.63, 3.8) is 0 Å². The third-order valence-corrected chi connectivity index (χ3v) is 6.15. The first-order valence-corrected chi connectivity index (χ1v) is 9.90. The van der Waals surface area contributed by atoms with Crippen LogP contribution in [0.3, 0.4) is 0 Å². The molecule has 2 rings (SSSR count). The van der Waals surface area contributed by atoms with Crippen LogP contribution in [0.5, 0.6) is 5.75 Å². The molecule has 1 aliphatic carbocycles. The summed E-state index contributed by atoms with van der Waals surface area (Å²) in [7, 11) is -1.17. The number of methoxy groups -OCH3 is 2. The molecule has 0 spiro atoms. The van der Waals surface area contributed by atoms with Crippen LogP contribution in [-0.4, -0.2) is 41.2 Å². The van der Waals surface area contributed by atoms with Crippen LogP contribution in [0.1, 0.15) is 42.5 Å². The molecule has 0 amide bonds. The lowest BCUT2D eigenvalue weighted by Gasteiger charge is -2.29. The lowest BCUT2D eigenvalue weighted by Crippen LogP contribution is -2.45. The first-order chi connectivity index (χ1) is 11.9. The molecule has 140 valence electrons. The minimum absolute atomic E-state index is 0.0111. The van der Waals surface area contributed by atoms with E-state index in [9.17, 15) is 13.2 Å². The van der Waals surface area contributed by atoms with E-state index >= 15 is 0 Å². The molecule has 1 fully saturated rings. The van der Waals surface area contributed by atoms with Gasteiger partial charge in [-0.2, -0.15) is 0 Å². The maximum atomic E-state index is 12.7. The van der Waals surface area contributed by atoms with E-state index in [2.05, 4.69) is 9.46 Å². The number of rotatable bonds is 7. The number of nitrogens with two attached hydrogens (primary N) is 1. The Balaban J connectivity index is 2.27. The zero-order valence-electron chi connectivity index (χ0n) is 14.7. The summed E-state index contributed by atoms with van der Waals surface area (Å²) in [5.74, 6) is -0.156. The Bertz CT molecular complexity index is 699. The Morgan fingerprint density at radius 1 is 1.28 bits per heavy atom. The number of sulfonamides is 1. The van der Waals surface area contributed by atoms with Gasteiger partial charge in [0.05, 0.1) is 19.1 Å². The molecule has 8 heteroatoms. The van der Waals surface area contributed by atoms with Crippen LogP contribution in [0.4, 0.5) is 0 Å². The molecule has 0 aliphatic heterocycles. The van der Waals surface area contributed by atoms with E-state index < -0.39 is 16.0 Å². The van der Waals surface area contributed by atoms with E-state index in [1.807, 2.05) is 0 Å². The van der Waals surface area contributed by atoms with Crippen LogP contribution in [0.2, 0.25) is 0 Å². The molecule has 0 radical (unpaired) electrons. The second-order valence-corrected chi connectivity index (χ2v) is 7.93. The number of nitrogens with one attached hydrogen (secondary N) is 1. The zero-order chi connectivity index (χ0) is 18.4. The minimum atomic E-state index is -3.80. The van der Waals surface area contributed by atoms with Crippen molar-refractivity contribution in [1.82, 2.24) is 4.72 Å². The largest absolute Gasteiger partial charge is 0.496 e. The summed E-state index contributed by atoms with van der Waals surface area (Å²) in [5.41, 5.74) is 5.88. The average Bonchev–Trinajstić information content (AvgIpc) is 2.65. The van der Waals surface area contributed by atoms with Crippen LogP contribution in [-0.2, 0) is 14.8 Å². The van der Waals surface area contributed by atoms with Gasteiger partial charge in [0.25, 0.3) is 0 Å².